The molecular formula is C11H18N2O6S. The van der Waals surface area contributed by atoms with Gasteiger partial charge in [0.2, 0.25) is 5.91 Å². The molecule has 0 aromatic heterocycles. The first-order chi connectivity index (χ1) is 9.27. The van der Waals surface area contributed by atoms with Gasteiger partial charge in [-0.25, -0.2) is 4.79 Å². The number of aliphatic carboxylic acids is 2. The third-order valence-corrected chi connectivity index (χ3v) is 3.49. The van der Waals surface area contributed by atoms with Crippen molar-refractivity contribution < 1.29 is 28.8 Å². The highest BCUT2D eigenvalue weighted by Crippen LogP contribution is 1.98. The maximum Gasteiger partial charge on any atom is 0.327 e. The van der Waals surface area contributed by atoms with Crippen LogP contribution in [0.4, 0.5) is 0 Å². The van der Waals surface area contributed by atoms with Crippen LogP contribution in [-0.2, 0) is 25.2 Å². The number of nitrogens with one attached hydrogen (secondary N) is 1. The Hall–Kier alpha value is -1.74. The molecule has 3 atom stereocenters. The number of carbonyl (C=O) groups is 3. The van der Waals surface area contributed by atoms with Gasteiger partial charge in [0.25, 0.3) is 0 Å². The summed E-state index contributed by atoms with van der Waals surface area (Å²) >= 11 is 0. The number of allylic oxidation sites excluding steroid dienone is 1. The van der Waals surface area contributed by atoms with Crippen LogP contribution in [0.25, 0.3) is 0 Å². The lowest BCUT2D eigenvalue weighted by Gasteiger charge is -2.13. The Morgan fingerprint density at radius 2 is 1.90 bits per heavy atom. The molecule has 0 saturated carbocycles. The van der Waals surface area contributed by atoms with Crippen molar-refractivity contribution >= 4 is 28.6 Å². The van der Waals surface area contributed by atoms with E-state index in [-0.39, 0.29) is 18.6 Å². The van der Waals surface area contributed by atoms with E-state index in [1.165, 1.54) is 11.5 Å². The Balaban J connectivity index is 4.38. The largest absolute Gasteiger partial charge is 0.480 e. The molecule has 0 rings (SSSR count). The lowest BCUT2D eigenvalue weighted by molar-refractivity contribution is -0.141. The molecule has 9 heteroatoms. The molecule has 8 nitrogen and oxygen atoms in total. The highest BCUT2D eigenvalue weighted by Gasteiger charge is 2.22. The fourth-order valence-corrected chi connectivity index (χ4v) is 2.19. The lowest BCUT2D eigenvalue weighted by atomic mass is 10.1. The number of hydrogen-bond donors (Lipinski definition) is 4. The predicted octanol–water partition coefficient (Wildman–Crippen LogP) is -0.970. The van der Waals surface area contributed by atoms with Crippen molar-refractivity contribution in [3.05, 3.63) is 11.5 Å². The second-order valence-electron chi connectivity index (χ2n) is 3.96. The Kier molecular flexibility index (Phi) is 8.41. The molecule has 0 aliphatic heterocycles. The fraction of sp³-hybridized carbons (Fsp3) is 0.545. The van der Waals surface area contributed by atoms with Crippen LogP contribution in [0.5, 0.6) is 0 Å². The Labute approximate surface area is 118 Å². The average Bonchev–Trinajstić information content (AvgIpc) is 2.35. The van der Waals surface area contributed by atoms with Gasteiger partial charge < -0.3 is 21.3 Å². The van der Waals surface area contributed by atoms with E-state index in [0.29, 0.717) is 0 Å². The van der Waals surface area contributed by atoms with Crippen LogP contribution in [0.1, 0.15) is 19.8 Å². The summed E-state index contributed by atoms with van der Waals surface area (Å²) in [6.45, 7) is 1.64. The highest BCUT2D eigenvalue weighted by molar-refractivity contribution is 7.88. The van der Waals surface area contributed by atoms with Gasteiger partial charge in [0.05, 0.1) is 5.75 Å². The molecule has 0 saturated heterocycles. The van der Waals surface area contributed by atoms with Crippen molar-refractivity contribution in [2.45, 2.75) is 31.8 Å². The molecule has 0 heterocycles. The van der Waals surface area contributed by atoms with Crippen molar-refractivity contribution in [1.29, 1.82) is 0 Å². The van der Waals surface area contributed by atoms with Crippen molar-refractivity contribution in [3.8, 4) is 0 Å². The van der Waals surface area contributed by atoms with Crippen molar-refractivity contribution in [2.75, 3.05) is 5.75 Å². The number of amides is 1. The van der Waals surface area contributed by atoms with Gasteiger partial charge in [0.15, 0.2) is 0 Å². The second kappa shape index (κ2) is 9.21. The van der Waals surface area contributed by atoms with Crippen LogP contribution in [0, 0.1) is 0 Å². The molecule has 0 aromatic carbocycles. The Bertz CT molecular complexity index is 423. The van der Waals surface area contributed by atoms with E-state index < -0.39 is 40.7 Å². The molecule has 0 aliphatic rings. The van der Waals surface area contributed by atoms with E-state index in [9.17, 15) is 18.6 Å². The molecular weight excluding hydrogens is 288 g/mol. The maximum atomic E-state index is 11.5. The van der Waals surface area contributed by atoms with Gasteiger partial charge >= 0.3 is 11.9 Å². The van der Waals surface area contributed by atoms with Crippen LogP contribution in [-0.4, -0.2) is 50.1 Å². The van der Waals surface area contributed by atoms with Crippen LogP contribution in [0.2, 0.25) is 0 Å². The summed E-state index contributed by atoms with van der Waals surface area (Å²) in [4.78, 5) is 32.9. The van der Waals surface area contributed by atoms with E-state index in [1.807, 2.05) is 0 Å². The zero-order valence-electron chi connectivity index (χ0n) is 10.9. The van der Waals surface area contributed by atoms with E-state index >= 15 is 0 Å². The zero-order chi connectivity index (χ0) is 15.7. The highest BCUT2D eigenvalue weighted by atomic mass is 32.2. The van der Waals surface area contributed by atoms with Gasteiger partial charge in [-0.2, -0.15) is 0 Å². The number of rotatable bonds is 9. The quantitative estimate of drug-likeness (QED) is 0.428. The van der Waals surface area contributed by atoms with E-state index in [0.717, 1.165) is 0 Å². The van der Waals surface area contributed by atoms with Crippen LogP contribution >= 0.6 is 0 Å². The van der Waals surface area contributed by atoms with E-state index in [2.05, 4.69) is 5.32 Å². The number of hydrogen-bond acceptors (Lipinski definition) is 5. The molecule has 0 fully saturated rings. The molecule has 3 unspecified atom stereocenters. The summed E-state index contributed by atoms with van der Waals surface area (Å²) in [5.41, 5.74) is 5.22. The first-order valence-electron chi connectivity index (χ1n) is 5.78. The minimum Gasteiger partial charge on any atom is -0.480 e. The van der Waals surface area contributed by atoms with Crippen LogP contribution in [0.3, 0.4) is 0 Å². The molecule has 0 aliphatic carbocycles. The molecule has 0 aromatic rings. The molecule has 1 amide bonds. The summed E-state index contributed by atoms with van der Waals surface area (Å²) in [5, 5.41) is 21.0. The van der Waals surface area contributed by atoms with E-state index in [1.54, 1.807) is 6.92 Å². The van der Waals surface area contributed by atoms with Gasteiger partial charge in [-0.05, 0) is 18.8 Å². The summed E-state index contributed by atoms with van der Waals surface area (Å²) in [5.74, 6) is -3.44. The van der Waals surface area contributed by atoms with Gasteiger partial charge in [-0.1, -0.05) is 6.08 Å². The summed E-state index contributed by atoms with van der Waals surface area (Å²) in [7, 11) is -1.50. The summed E-state index contributed by atoms with van der Waals surface area (Å²) < 4.78 is 11.4. The first-order valence-corrected chi connectivity index (χ1v) is 7.16. The van der Waals surface area contributed by atoms with Crippen LogP contribution in [0.15, 0.2) is 11.5 Å². The minimum atomic E-state index is -1.50. The van der Waals surface area contributed by atoms with Gasteiger partial charge in [0.1, 0.15) is 12.1 Å². The van der Waals surface area contributed by atoms with Gasteiger partial charge in [0, 0.05) is 17.2 Å². The smallest absolute Gasteiger partial charge is 0.327 e. The third-order valence-electron chi connectivity index (χ3n) is 2.25. The molecule has 0 spiro atoms. The van der Waals surface area contributed by atoms with Crippen molar-refractivity contribution in [1.82, 2.24) is 5.32 Å². The van der Waals surface area contributed by atoms with Gasteiger partial charge in [-0.15, -0.1) is 0 Å². The number of nitrogens with two attached hydrogens (primary N) is 1. The van der Waals surface area contributed by atoms with Crippen LogP contribution < -0.4 is 11.1 Å². The number of carbonyl (C=O) groups excluding carboxylic acids is 1. The van der Waals surface area contributed by atoms with E-state index in [4.69, 9.17) is 15.9 Å². The monoisotopic (exact) mass is 306 g/mol. The summed E-state index contributed by atoms with van der Waals surface area (Å²) in [6.07, 6.45) is 1.20. The first kappa shape index (κ1) is 18.3. The number of carboxylic acids is 2. The van der Waals surface area contributed by atoms with Gasteiger partial charge in [-0.3, -0.25) is 13.8 Å². The molecule has 114 valence electrons. The topological polar surface area (TPSA) is 147 Å². The molecule has 0 radical (unpaired) electrons. The molecule has 20 heavy (non-hydrogen) atoms. The normalized spacial score (nSPS) is 15.5. The zero-order valence-corrected chi connectivity index (χ0v) is 11.8. The Morgan fingerprint density at radius 3 is 2.35 bits per heavy atom. The summed E-state index contributed by atoms with van der Waals surface area (Å²) in [6, 6.07) is -2.47. The second-order valence-corrected chi connectivity index (χ2v) is 5.33. The average molecular weight is 306 g/mol. The molecule has 0 bridgehead atoms. The Morgan fingerprint density at radius 1 is 1.30 bits per heavy atom. The number of carboxylic acid groups (broad SMARTS) is 2. The SMILES string of the molecule is CC=CS(=O)CC(NC(=O)CCC(N)C(=O)O)C(=O)O. The lowest BCUT2D eigenvalue weighted by Crippen LogP contribution is -2.44. The maximum absolute atomic E-state index is 11.5. The fourth-order valence-electron chi connectivity index (χ4n) is 1.22. The van der Waals surface area contributed by atoms with Crippen molar-refractivity contribution in [3.63, 3.8) is 0 Å². The standard InChI is InChI=1S/C11H18N2O6S/c1-2-5-20(19)6-8(11(17)18)13-9(14)4-3-7(12)10(15)16/h2,5,7-8H,3-4,6,12H2,1H3,(H,13,14)(H,15,16)(H,17,18). The third kappa shape index (κ3) is 7.64. The predicted molar refractivity (Wildman–Crippen MR) is 72.2 cm³/mol. The van der Waals surface area contributed by atoms with Crippen molar-refractivity contribution in [2.24, 2.45) is 5.73 Å². The minimum absolute atomic E-state index is 0.106. The molecule has 5 N–H and O–H groups in total.